The topological polar surface area (TPSA) is 34.6 Å². The van der Waals surface area contributed by atoms with Crippen LogP contribution >= 0.6 is 0 Å². The van der Waals surface area contributed by atoms with Crippen LogP contribution in [0.4, 0.5) is 0 Å². The van der Waals surface area contributed by atoms with Crippen LogP contribution in [0.5, 0.6) is 0 Å². The van der Waals surface area contributed by atoms with Crippen LogP contribution in [0.25, 0.3) is 99.9 Å². The highest BCUT2D eigenvalue weighted by molar-refractivity contribution is 6.22. The zero-order valence-electron chi connectivity index (χ0n) is 32.8. The van der Waals surface area contributed by atoms with Gasteiger partial charge in [-0.2, -0.15) is 0 Å². The predicted molar refractivity (Wildman–Crippen MR) is 244 cm³/mol. The van der Waals surface area contributed by atoms with Crippen molar-refractivity contribution in [2.45, 2.75) is 19.3 Å². The second-order valence-corrected chi connectivity index (χ2v) is 16.3. The smallest absolute Gasteiger partial charge is 0.137 e. The molecule has 4 heterocycles. The molecule has 7 aromatic carbocycles. The van der Waals surface area contributed by atoms with Gasteiger partial charge in [-0.05, 0) is 114 Å². The first kappa shape index (κ1) is 33.6. The van der Waals surface area contributed by atoms with Crippen molar-refractivity contribution < 1.29 is 0 Å². The fourth-order valence-corrected chi connectivity index (χ4v) is 9.63. The van der Waals surface area contributed by atoms with Crippen molar-refractivity contribution in [1.82, 2.24) is 18.8 Å². The quantitative estimate of drug-likeness (QED) is 0.164. The van der Waals surface area contributed by atoms with Crippen LogP contribution < -0.4 is 0 Å². The minimum absolute atomic E-state index is 0.0779. The molecule has 0 aliphatic heterocycles. The average Bonchev–Trinajstić information content (AvgIpc) is 3.99. The maximum absolute atomic E-state index is 4.92. The Morgan fingerprint density at radius 1 is 0.373 bits per heavy atom. The molecule has 4 heteroatoms. The fraction of sp³-hybridized carbons (Fsp3) is 0.0545. The Kier molecular flexibility index (Phi) is 7.24. The molecule has 1 aliphatic rings. The molecule has 0 saturated heterocycles. The Morgan fingerprint density at radius 2 is 0.831 bits per heavy atom. The van der Waals surface area contributed by atoms with Gasteiger partial charge in [0, 0.05) is 41.3 Å². The van der Waals surface area contributed by atoms with E-state index in [1.54, 1.807) is 0 Å². The van der Waals surface area contributed by atoms with Crippen LogP contribution in [0.15, 0.2) is 195 Å². The van der Waals surface area contributed by atoms with Crippen molar-refractivity contribution in [3.8, 4) is 67.0 Å². The number of hydrogen-bond acceptors (Lipinski definition) is 2. The van der Waals surface area contributed by atoms with Gasteiger partial charge < -0.3 is 8.80 Å². The van der Waals surface area contributed by atoms with E-state index in [0.717, 1.165) is 33.8 Å². The molecule has 4 nitrogen and oxygen atoms in total. The number of nitrogens with zero attached hydrogens (tertiary/aromatic N) is 4. The first-order valence-corrected chi connectivity index (χ1v) is 20.3. The van der Waals surface area contributed by atoms with Crippen LogP contribution in [0.3, 0.4) is 0 Å². The van der Waals surface area contributed by atoms with Gasteiger partial charge in [-0.3, -0.25) is 0 Å². The number of benzene rings is 7. The van der Waals surface area contributed by atoms with E-state index in [0.29, 0.717) is 0 Å². The van der Waals surface area contributed by atoms with Crippen molar-refractivity contribution in [3.63, 3.8) is 0 Å². The molecular weight excluding hydrogens is 717 g/mol. The van der Waals surface area contributed by atoms with E-state index in [4.69, 9.17) is 9.97 Å². The molecule has 59 heavy (non-hydrogen) atoms. The lowest BCUT2D eigenvalue weighted by Crippen LogP contribution is -2.14. The molecule has 0 saturated carbocycles. The second-order valence-electron chi connectivity index (χ2n) is 16.3. The monoisotopic (exact) mass is 754 g/mol. The largest absolute Gasteiger partial charge is 0.306 e. The first-order valence-electron chi connectivity index (χ1n) is 20.3. The van der Waals surface area contributed by atoms with Gasteiger partial charge >= 0.3 is 0 Å². The van der Waals surface area contributed by atoms with E-state index in [2.05, 4.69) is 169 Å². The Bertz CT molecular complexity index is 3390. The molecule has 11 aromatic rings. The van der Waals surface area contributed by atoms with Gasteiger partial charge in [-0.25, -0.2) is 9.97 Å². The molecule has 0 amide bonds. The van der Waals surface area contributed by atoms with Gasteiger partial charge in [-0.15, -0.1) is 0 Å². The summed E-state index contributed by atoms with van der Waals surface area (Å²) in [6.07, 6.45) is 8.30. The summed E-state index contributed by atoms with van der Waals surface area (Å²) in [4.78, 5) is 9.82. The van der Waals surface area contributed by atoms with E-state index in [1.807, 2.05) is 48.8 Å². The van der Waals surface area contributed by atoms with E-state index >= 15 is 0 Å². The number of aromatic nitrogens is 4. The molecule has 0 bridgehead atoms. The predicted octanol–water partition coefficient (Wildman–Crippen LogP) is 13.9. The third-order valence-corrected chi connectivity index (χ3v) is 12.6. The van der Waals surface area contributed by atoms with Gasteiger partial charge in [0.15, 0.2) is 0 Å². The molecule has 0 fully saturated rings. The van der Waals surface area contributed by atoms with Gasteiger partial charge in [0.1, 0.15) is 11.3 Å². The molecule has 4 aromatic heterocycles. The van der Waals surface area contributed by atoms with Crippen molar-refractivity contribution in [3.05, 3.63) is 206 Å². The third kappa shape index (κ3) is 5.23. The lowest BCUT2D eigenvalue weighted by molar-refractivity contribution is 0.660. The summed E-state index contributed by atoms with van der Waals surface area (Å²) in [6.45, 7) is 4.71. The van der Waals surface area contributed by atoms with E-state index in [-0.39, 0.29) is 5.41 Å². The number of fused-ring (bicyclic) bond motifs is 7. The van der Waals surface area contributed by atoms with Crippen LogP contribution in [-0.2, 0) is 5.41 Å². The van der Waals surface area contributed by atoms with Gasteiger partial charge in [-0.1, -0.05) is 147 Å². The lowest BCUT2D eigenvalue weighted by Gasteiger charge is -2.22. The molecule has 278 valence electrons. The zero-order valence-corrected chi connectivity index (χ0v) is 32.8. The Balaban J connectivity index is 1.05. The van der Waals surface area contributed by atoms with Gasteiger partial charge in [0.25, 0.3) is 0 Å². The van der Waals surface area contributed by atoms with Crippen LogP contribution in [-0.4, -0.2) is 18.8 Å². The summed E-state index contributed by atoms with van der Waals surface area (Å²) in [5.74, 6) is 0. The SMILES string of the molecule is CC1(C)c2ccccc2-c2ccc(-c3ccc4c(-c5ccc(-c6cn7ccccc7n6)cc5)c5ccccc5c(-c5ccc(-c6cn7ccccc7n6)cc5)c4c3)cc21. The van der Waals surface area contributed by atoms with Crippen molar-refractivity contribution in [1.29, 1.82) is 0 Å². The third-order valence-electron chi connectivity index (χ3n) is 12.6. The van der Waals surface area contributed by atoms with Crippen molar-refractivity contribution in [2.24, 2.45) is 0 Å². The summed E-state index contributed by atoms with van der Waals surface area (Å²) in [6, 6.07) is 62.1. The van der Waals surface area contributed by atoms with Crippen LogP contribution in [0, 0.1) is 0 Å². The summed E-state index contributed by atoms with van der Waals surface area (Å²) < 4.78 is 4.15. The van der Waals surface area contributed by atoms with Crippen LogP contribution in [0.1, 0.15) is 25.0 Å². The number of hydrogen-bond donors (Lipinski definition) is 0. The van der Waals surface area contributed by atoms with E-state index < -0.39 is 0 Å². The number of pyridine rings is 2. The summed E-state index contributed by atoms with van der Waals surface area (Å²) in [5, 5.41) is 4.90. The highest BCUT2D eigenvalue weighted by Crippen LogP contribution is 2.50. The molecule has 1 aliphatic carbocycles. The molecular formula is C55H38N4. The highest BCUT2D eigenvalue weighted by Gasteiger charge is 2.35. The minimum Gasteiger partial charge on any atom is -0.306 e. The number of imidazole rings is 2. The summed E-state index contributed by atoms with van der Waals surface area (Å²) >= 11 is 0. The fourth-order valence-electron chi connectivity index (χ4n) is 9.63. The van der Waals surface area contributed by atoms with Gasteiger partial charge in [0.05, 0.1) is 11.4 Å². The first-order chi connectivity index (χ1) is 29.0. The summed E-state index contributed by atoms with van der Waals surface area (Å²) in [7, 11) is 0. The molecule has 12 rings (SSSR count). The minimum atomic E-state index is -0.0779. The maximum atomic E-state index is 4.92. The average molecular weight is 755 g/mol. The van der Waals surface area contributed by atoms with Gasteiger partial charge in [0.2, 0.25) is 0 Å². The maximum Gasteiger partial charge on any atom is 0.137 e. The van der Waals surface area contributed by atoms with Crippen molar-refractivity contribution in [2.75, 3.05) is 0 Å². The normalized spacial score (nSPS) is 13.1. The molecule has 0 atom stereocenters. The molecule has 0 N–H and O–H groups in total. The molecule has 0 unspecified atom stereocenters. The Hall–Kier alpha value is -7.56. The zero-order chi connectivity index (χ0) is 39.2. The second kappa shape index (κ2) is 12.7. The van der Waals surface area contributed by atoms with Crippen LogP contribution in [0.2, 0.25) is 0 Å². The highest BCUT2D eigenvalue weighted by atomic mass is 15.0. The van der Waals surface area contributed by atoms with Crippen molar-refractivity contribution >= 4 is 32.8 Å². The molecule has 0 radical (unpaired) electrons. The number of rotatable bonds is 5. The standard InChI is InChI=1S/C55H38N4/c1-55(2)47-14-6-5-11-41(47)42-27-25-40(32-48(42)55)39-26-28-45-46(31-39)54(38-23-19-36(20-24-38)50-34-59-30-10-8-16-52(59)57-50)44-13-4-3-12-43(44)53(45)37-21-17-35(18-22-37)49-33-58-29-9-7-15-51(58)56-49/h3-34H,1-2H3. The van der Waals surface area contributed by atoms with E-state index in [9.17, 15) is 0 Å². The Labute approximate surface area is 342 Å². The lowest BCUT2D eigenvalue weighted by atomic mass is 9.81. The van der Waals surface area contributed by atoms with E-state index in [1.165, 1.54) is 77.2 Å². The summed E-state index contributed by atoms with van der Waals surface area (Å²) in [5.41, 5.74) is 18.6. The molecule has 0 spiro atoms. The Morgan fingerprint density at radius 3 is 1.44 bits per heavy atom.